The molecule has 0 aliphatic heterocycles. The number of nitrogens with one attached hydrogen (secondary N) is 1. The van der Waals surface area contributed by atoms with E-state index in [-0.39, 0.29) is 16.6 Å². The van der Waals surface area contributed by atoms with E-state index in [1.807, 2.05) is 0 Å². The minimum atomic E-state index is -3.67. The molecule has 0 saturated heterocycles. The van der Waals surface area contributed by atoms with Crippen molar-refractivity contribution in [2.75, 3.05) is 11.3 Å². The van der Waals surface area contributed by atoms with Crippen LogP contribution in [0, 0.1) is 18.8 Å². The van der Waals surface area contributed by atoms with E-state index in [2.05, 4.69) is 26.8 Å². The Kier molecular flexibility index (Phi) is 4.90. The van der Waals surface area contributed by atoms with Crippen LogP contribution in [0.15, 0.2) is 29.2 Å². The van der Waals surface area contributed by atoms with Crippen LogP contribution in [0.3, 0.4) is 0 Å². The van der Waals surface area contributed by atoms with Gasteiger partial charge in [-0.25, -0.2) is 8.42 Å². The summed E-state index contributed by atoms with van der Waals surface area (Å²) in [6, 6.07) is 6.17. The Balaban J connectivity index is 2.15. The van der Waals surface area contributed by atoms with E-state index < -0.39 is 10.0 Å². The lowest BCUT2D eigenvalue weighted by Gasteiger charge is -2.04. The van der Waals surface area contributed by atoms with E-state index in [9.17, 15) is 8.42 Å². The number of aryl methyl sites for hydroxylation is 1. The number of hydrogen-bond donors (Lipinski definition) is 2. The Morgan fingerprint density at radius 3 is 2.57 bits per heavy atom. The number of nitrogens with zero attached hydrogens (tertiary/aromatic N) is 2. The molecule has 0 saturated carbocycles. The number of rotatable bonds is 4. The van der Waals surface area contributed by atoms with E-state index in [1.54, 1.807) is 19.1 Å². The number of aliphatic hydroxyl groups excluding tert-OH is 1. The molecule has 1 heterocycles. The topological polar surface area (TPSA) is 92.2 Å². The fourth-order valence-electron chi connectivity index (χ4n) is 1.45. The minimum absolute atomic E-state index is 0.00461. The van der Waals surface area contributed by atoms with Crippen molar-refractivity contribution in [2.45, 2.75) is 18.2 Å². The highest BCUT2D eigenvalue weighted by Gasteiger charge is 2.16. The van der Waals surface area contributed by atoms with Crippen molar-refractivity contribution in [1.82, 2.24) is 10.2 Å². The van der Waals surface area contributed by atoms with E-state index >= 15 is 0 Å². The zero-order chi connectivity index (χ0) is 15.3. The standard InChI is InChI=1S/C13H13N3O3S2/c1-10-14-15-13(20-10)16-21(18,19)12-7-5-11(6-8-12)4-2-3-9-17/h5-8,17H,3,9H2,1H3,(H,15,16). The number of aliphatic hydroxyl groups is 1. The molecule has 8 heteroatoms. The maximum Gasteiger partial charge on any atom is 0.263 e. The second kappa shape index (κ2) is 6.67. The molecule has 0 amide bonds. The summed E-state index contributed by atoms with van der Waals surface area (Å²) < 4.78 is 26.7. The molecule has 0 aliphatic carbocycles. The van der Waals surface area contributed by atoms with Crippen molar-refractivity contribution in [3.8, 4) is 11.8 Å². The van der Waals surface area contributed by atoms with Crippen molar-refractivity contribution < 1.29 is 13.5 Å². The van der Waals surface area contributed by atoms with E-state index in [0.29, 0.717) is 17.0 Å². The van der Waals surface area contributed by atoms with Crippen LogP contribution >= 0.6 is 11.3 Å². The Hall–Kier alpha value is -1.95. The van der Waals surface area contributed by atoms with Crippen LogP contribution in [0.25, 0.3) is 0 Å². The number of aromatic nitrogens is 2. The van der Waals surface area contributed by atoms with Gasteiger partial charge >= 0.3 is 0 Å². The molecule has 0 bridgehead atoms. The third kappa shape index (κ3) is 4.26. The molecule has 1 aromatic carbocycles. The highest BCUT2D eigenvalue weighted by molar-refractivity contribution is 7.93. The molecule has 0 radical (unpaired) electrons. The van der Waals surface area contributed by atoms with Crippen molar-refractivity contribution in [3.05, 3.63) is 34.8 Å². The quantitative estimate of drug-likeness (QED) is 0.829. The lowest BCUT2D eigenvalue weighted by Crippen LogP contribution is -2.12. The highest BCUT2D eigenvalue weighted by Crippen LogP contribution is 2.19. The third-order valence-corrected chi connectivity index (χ3v) is 4.62. The molecule has 0 spiro atoms. The van der Waals surface area contributed by atoms with Crippen LogP contribution in [0.2, 0.25) is 0 Å². The summed E-state index contributed by atoms with van der Waals surface area (Å²) in [6.07, 6.45) is 0.387. The lowest BCUT2D eigenvalue weighted by molar-refractivity contribution is 0.305. The molecule has 1 aromatic heterocycles. The van der Waals surface area contributed by atoms with E-state index in [4.69, 9.17) is 5.11 Å². The average molecular weight is 323 g/mol. The summed E-state index contributed by atoms with van der Waals surface area (Å²) in [5.74, 6) is 5.60. The lowest BCUT2D eigenvalue weighted by atomic mass is 10.2. The second-order valence-electron chi connectivity index (χ2n) is 4.03. The smallest absolute Gasteiger partial charge is 0.263 e. The van der Waals surface area contributed by atoms with Gasteiger partial charge in [0, 0.05) is 12.0 Å². The molecule has 0 fully saturated rings. The molecule has 2 rings (SSSR count). The van der Waals surface area contributed by atoms with Gasteiger partial charge in [0.05, 0.1) is 11.5 Å². The number of hydrogen-bond acceptors (Lipinski definition) is 6. The van der Waals surface area contributed by atoms with Gasteiger partial charge in [0.2, 0.25) is 5.13 Å². The zero-order valence-electron chi connectivity index (χ0n) is 11.2. The van der Waals surface area contributed by atoms with Crippen LogP contribution in [-0.4, -0.2) is 30.3 Å². The average Bonchev–Trinajstić information content (AvgIpc) is 2.84. The normalized spacial score (nSPS) is 10.8. The first kappa shape index (κ1) is 15.4. The SMILES string of the molecule is Cc1nnc(NS(=O)(=O)c2ccc(C#CCCO)cc2)s1. The predicted molar refractivity (Wildman–Crippen MR) is 80.5 cm³/mol. The summed E-state index contributed by atoms with van der Waals surface area (Å²) in [6.45, 7) is 1.75. The highest BCUT2D eigenvalue weighted by atomic mass is 32.2. The molecule has 110 valence electrons. The summed E-state index contributed by atoms with van der Waals surface area (Å²) in [5.41, 5.74) is 0.689. The Bertz CT molecular complexity index is 771. The first-order chi connectivity index (χ1) is 10.0. The number of anilines is 1. The van der Waals surface area contributed by atoms with Crippen LogP contribution in [0.1, 0.15) is 17.0 Å². The third-order valence-electron chi connectivity index (χ3n) is 2.38. The van der Waals surface area contributed by atoms with Crippen LogP contribution in [0.4, 0.5) is 5.13 Å². The van der Waals surface area contributed by atoms with Crippen LogP contribution in [-0.2, 0) is 10.0 Å². The minimum Gasteiger partial charge on any atom is -0.395 e. The fraction of sp³-hybridized carbons (Fsp3) is 0.231. The van der Waals surface area contributed by atoms with Crippen LogP contribution in [0.5, 0.6) is 0 Å². The van der Waals surface area contributed by atoms with Gasteiger partial charge in [-0.05, 0) is 31.2 Å². The first-order valence-corrected chi connectivity index (χ1v) is 8.34. The fourth-order valence-corrected chi connectivity index (χ4v) is 3.27. The van der Waals surface area contributed by atoms with Crippen LogP contribution < -0.4 is 4.72 Å². The molecule has 21 heavy (non-hydrogen) atoms. The second-order valence-corrected chi connectivity index (χ2v) is 6.90. The van der Waals surface area contributed by atoms with Crippen molar-refractivity contribution >= 4 is 26.5 Å². The van der Waals surface area contributed by atoms with Gasteiger partial charge in [-0.1, -0.05) is 23.2 Å². The molecular formula is C13H13N3O3S2. The van der Waals surface area contributed by atoms with Gasteiger partial charge in [0.25, 0.3) is 10.0 Å². The van der Waals surface area contributed by atoms with Crippen molar-refractivity contribution in [1.29, 1.82) is 0 Å². The summed E-state index contributed by atoms with van der Waals surface area (Å²) in [5, 5.41) is 17.0. The number of sulfonamides is 1. The maximum absolute atomic E-state index is 12.1. The molecule has 0 atom stereocenters. The van der Waals surface area contributed by atoms with Gasteiger partial charge in [0.1, 0.15) is 5.01 Å². The Morgan fingerprint density at radius 1 is 1.29 bits per heavy atom. The molecular weight excluding hydrogens is 310 g/mol. The molecule has 2 N–H and O–H groups in total. The van der Waals surface area contributed by atoms with Gasteiger partial charge < -0.3 is 5.11 Å². The largest absolute Gasteiger partial charge is 0.395 e. The van der Waals surface area contributed by atoms with Gasteiger partial charge in [-0.3, -0.25) is 4.72 Å². The van der Waals surface area contributed by atoms with Crippen molar-refractivity contribution in [3.63, 3.8) is 0 Å². The zero-order valence-corrected chi connectivity index (χ0v) is 12.8. The molecule has 6 nitrogen and oxygen atoms in total. The summed E-state index contributed by atoms with van der Waals surface area (Å²) >= 11 is 1.17. The monoisotopic (exact) mass is 323 g/mol. The Morgan fingerprint density at radius 2 is 2.00 bits per heavy atom. The van der Waals surface area contributed by atoms with Gasteiger partial charge in [-0.15, -0.1) is 10.2 Å². The van der Waals surface area contributed by atoms with Gasteiger partial charge in [0.15, 0.2) is 0 Å². The van der Waals surface area contributed by atoms with E-state index in [1.165, 1.54) is 23.5 Å². The molecule has 2 aromatic rings. The predicted octanol–water partition coefficient (Wildman–Crippen LogP) is 1.38. The summed E-state index contributed by atoms with van der Waals surface area (Å²) in [4.78, 5) is 0.128. The number of benzene rings is 1. The molecule has 0 aliphatic rings. The van der Waals surface area contributed by atoms with Crippen molar-refractivity contribution in [2.24, 2.45) is 0 Å². The Labute approximate surface area is 126 Å². The first-order valence-electron chi connectivity index (χ1n) is 6.04. The van der Waals surface area contributed by atoms with E-state index in [0.717, 1.165) is 0 Å². The maximum atomic E-state index is 12.1. The van der Waals surface area contributed by atoms with Gasteiger partial charge in [-0.2, -0.15) is 0 Å². The summed E-state index contributed by atoms with van der Waals surface area (Å²) in [7, 11) is -3.67. The molecule has 0 unspecified atom stereocenters.